The van der Waals surface area contributed by atoms with Crippen molar-refractivity contribution in [2.45, 2.75) is 51.7 Å². The van der Waals surface area contributed by atoms with E-state index in [9.17, 15) is 13.2 Å². The quantitative estimate of drug-likeness (QED) is 0.647. The fourth-order valence-electron chi connectivity index (χ4n) is 2.00. The van der Waals surface area contributed by atoms with Crippen molar-refractivity contribution in [2.24, 2.45) is 5.73 Å². The predicted octanol–water partition coefficient (Wildman–Crippen LogP) is 2.37. The summed E-state index contributed by atoms with van der Waals surface area (Å²) in [6.07, 6.45) is -4.24. The first-order valence-electron chi connectivity index (χ1n) is 7.00. The van der Waals surface area contributed by atoms with Gasteiger partial charge in [0.1, 0.15) is 0 Å². The highest BCUT2D eigenvalue weighted by atomic mass is 19.4. The third kappa shape index (κ3) is 9.24. The average molecular weight is 283 g/mol. The monoisotopic (exact) mass is 283 g/mol. The number of nitrogens with one attached hydrogen (secondary N) is 1. The maximum Gasteiger partial charge on any atom is 0.389 e. The summed E-state index contributed by atoms with van der Waals surface area (Å²) >= 11 is 0. The van der Waals surface area contributed by atoms with Crippen LogP contribution in [-0.2, 0) is 0 Å². The lowest BCUT2D eigenvalue weighted by Gasteiger charge is -2.31. The summed E-state index contributed by atoms with van der Waals surface area (Å²) in [7, 11) is 0. The summed E-state index contributed by atoms with van der Waals surface area (Å²) in [5.41, 5.74) is 5.28. The van der Waals surface area contributed by atoms with Crippen molar-refractivity contribution in [1.29, 1.82) is 0 Å². The Hall–Kier alpha value is -0.330. The number of nitrogens with two attached hydrogens (primary N) is 1. The van der Waals surface area contributed by atoms with Crippen LogP contribution in [0, 0.1) is 0 Å². The molecule has 0 aromatic heterocycles. The number of halogens is 3. The van der Waals surface area contributed by atoms with Crippen molar-refractivity contribution < 1.29 is 13.2 Å². The molecule has 6 heteroatoms. The van der Waals surface area contributed by atoms with E-state index in [1.54, 1.807) is 0 Å². The van der Waals surface area contributed by atoms with Gasteiger partial charge in [-0.05, 0) is 32.9 Å². The highest BCUT2D eigenvalue weighted by Crippen LogP contribution is 2.24. The van der Waals surface area contributed by atoms with Crippen LogP contribution < -0.4 is 11.1 Å². The molecule has 1 atom stereocenters. The molecule has 0 bridgehead atoms. The Morgan fingerprint density at radius 1 is 1.11 bits per heavy atom. The van der Waals surface area contributed by atoms with Gasteiger partial charge in [-0.2, -0.15) is 13.2 Å². The maximum atomic E-state index is 12.1. The zero-order chi connectivity index (χ0) is 14.9. The van der Waals surface area contributed by atoms with E-state index in [1.807, 2.05) is 6.92 Å². The topological polar surface area (TPSA) is 41.3 Å². The van der Waals surface area contributed by atoms with E-state index in [-0.39, 0.29) is 6.42 Å². The number of hydrogen-bond donors (Lipinski definition) is 2. The maximum absolute atomic E-state index is 12.1. The molecule has 0 radical (unpaired) electrons. The van der Waals surface area contributed by atoms with E-state index in [1.165, 1.54) is 0 Å². The molecule has 0 rings (SSSR count). The standard InChI is InChI=1S/C13H28F3N3/c1-4-19(5-2)10-9-18-12(3,11-17)7-6-8-13(14,15)16/h18H,4-11,17H2,1-3H3. The number of alkyl halides is 3. The Balaban J connectivity index is 4.01. The van der Waals surface area contributed by atoms with Gasteiger partial charge in [0.25, 0.3) is 0 Å². The lowest BCUT2D eigenvalue weighted by atomic mass is 9.94. The Labute approximate surface area is 114 Å². The minimum Gasteiger partial charge on any atom is -0.329 e. The summed E-state index contributed by atoms with van der Waals surface area (Å²) in [5, 5.41) is 3.30. The van der Waals surface area contributed by atoms with E-state index >= 15 is 0 Å². The molecular weight excluding hydrogens is 255 g/mol. The number of nitrogens with zero attached hydrogens (tertiary/aromatic N) is 1. The Bertz CT molecular complexity index is 230. The van der Waals surface area contributed by atoms with Crippen molar-refractivity contribution in [3.63, 3.8) is 0 Å². The molecule has 0 saturated heterocycles. The molecule has 0 aromatic carbocycles. The van der Waals surface area contributed by atoms with Gasteiger partial charge in [-0.15, -0.1) is 0 Å². The van der Waals surface area contributed by atoms with Crippen LogP contribution in [-0.4, -0.2) is 49.3 Å². The van der Waals surface area contributed by atoms with Crippen molar-refractivity contribution >= 4 is 0 Å². The Morgan fingerprint density at radius 2 is 1.68 bits per heavy atom. The van der Waals surface area contributed by atoms with Crippen LogP contribution in [0.15, 0.2) is 0 Å². The molecule has 0 saturated carbocycles. The fraction of sp³-hybridized carbons (Fsp3) is 1.00. The summed E-state index contributed by atoms with van der Waals surface area (Å²) in [5.74, 6) is 0. The second kappa shape index (κ2) is 8.76. The van der Waals surface area contributed by atoms with Gasteiger partial charge in [-0.3, -0.25) is 0 Å². The summed E-state index contributed by atoms with van der Waals surface area (Å²) in [6, 6.07) is 0. The fourth-order valence-corrected chi connectivity index (χ4v) is 2.00. The largest absolute Gasteiger partial charge is 0.389 e. The molecule has 19 heavy (non-hydrogen) atoms. The normalized spacial score (nSPS) is 15.8. The minimum atomic E-state index is -4.07. The second-order valence-electron chi connectivity index (χ2n) is 5.19. The highest BCUT2D eigenvalue weighted by Gasteiger charge is 2.29. The zero-order valence-electron chi connectivity index (χ0n) is 12.3. The van der Waals surface area contributed by atoms with E-state index < -0.39 is 18.1 Å². The lowest BCUT2D eigenvalue weighted by Crippen LogP contribution is -2.51. The average Bonchev–Trinajstić information content (AvgIpc) is 2.33. The van der Waals surface area contributed by atoms with Crippen molar-refractivity contribution in [1.82, 2.24) is 10.2 Å². The van der Waals surface area contributed by atoms with Crippen molar-refractivity contribution in [2.75, 3.05) is 32.7 Å². The number of hydrogen-bond acceptors (Lipinski definition) is 3. The highest BCUT2D eigenvalue weighted by molar-refractivity contribution is 4.84. The Morgan fingerprint density at radius 3 is 2.11 bits per heavy atom. The third-order valence-electron chi connectivity index (χ3n) is 3.51. The Kier molecular flexibility index (Phi) is 8.61. The van der Waals surface area contributed by atoms with Gasteiger partial charge in [0.15, 0.2) is 0 Å². The summed E-state index contributed by atoms with van der Waals surface area (Å²) in [6.45, 7) is 10.0. The first-order valence-corrected chi connectivity index (χ1v) is 7.00. The summed E-state index contributed by atoms with van der Waals surface area (Å²) < 4.78 is 36.4. The van der Waals surface area contributed by atoms with Crippen LogP contribution in [0.1, 0.15) is 40.0 Å². The lowest BCUT2D eigenvalue weighted by molar-refractivity contribution is -0.136. The third-order valence-corrected chi connectivity index (χ3v) is 3.51. The van der Waals surface area contributed by atoms with E-state index in [0.717, 1.165) is 26.2 Å². The second-order valence-corrected chi connectivity index (χ2v) is 5.19. The van der Waals surface area contributed by atoms with Gasteiger partial charge in [0.2, 0.25) is 0 Å². The van der Waals surface area contributed by atoms with Gasteiger partial charge in [0.05, 0.1) is 0 Å². The van der Waals surface area contributed by atoms with Crippen LogP contribution in [0.2, 0.25) is 0 Å². The molecule has 0 amide bonds. The van der Waals surface area contributed by atoms with E-state index in [4.69, 9.17) is 5.73 Å². The van der Waals surface area contributed by atoms with E-state index in [0.29, 0.717) is 13.0 Å². The van der Waals surface area contributed by atoms with Gasteiger partial charge >= 0.3 is 6.18 Å². The molecule has 0 heterocycles. The van der Waals surface area contributed by atoms with Gasteiger partial charge < -0.3 is 16.0 Å². The van der Waals surface area contributed by atoms with Gasteiger partial charge in [-0.1, -0.05) is 13.8 Å². The van der Waals surface area contributed by atoms with E-state index in [2.05, 4.69) is 24.1 Å². The smallest absolute Gasteiger partial charge is 0.329 e. The first kappa shape index (κ1) is 18.7. The molecule has 0 aliphatic carbocycles. The van der Waals surface area contributed by atoms with Gasteiger partial charge in [-0.25, -0.2) is 0 Å². The SMILES string of the molecule is CCN(CC)CCNC(C)(CN)CCCC(F)(F)F. The molecule has 1 unspecified atom stereocenters. The van der Waals surface area contributed by atoms with Crippen molar-refractivity contribution in [3.8, 4) is 0 Å². The first-order chi connectivity index (χ1) is 8.76. The molecular formula is C13H28F3N3. The molecule has 0 aliphatic rings. The summed E-state index contributed by atoms with van der Waals surface area (Å²) in [4.78, 5) is 2.26. The predicted molar refractivity (Wildman–Crippen MR) is 73.2 cm³/mol. The molecule has 0 aliphatic heterocycles. The molecule has 116 valence electrons. The minimum absolute atomic E-state index is 0.121. The van der Waals surface area contributed by atoms with Crippen LogP contribution in [0.25, 0.3) is 0 Å². The zero-order valence-corrected chi connectivity index (χ0v) is 12.3. The van der Waals surface area contributed by atoms with Crippen LogP contribution >= 0.6 is 0 Å². The van der Waals surface area contributed by atoms with Crippen LogP contribution in [0.4, 0.5) is 13.2 Å². The molecule has 0 aromatic rings. The van der Waals surface area contributed by atoms with Crippen molar-refractivity contribution in [3.05, 3.63) is 0 Å². The van der Waals surface area contributed by atoms with Gasteiger partial charge in [0, 0.05) is 31.6 Å². The molecule has 0 spiro atoms. The molecule has 3 nitrogen and oxygen atoms in total. The molecule has 3 N–H and O–H groups in total. The molecule has 0 fully saturated rings. The van der Waals surface area contributed by atoms with Crippen LogP contribution in [0.5, 0.6) is 0 Å². The number of rotatable bonds is 10. The van der Waals surface area contributed by atoms with Crippen LogP contribution in [0.3, 0.4) is 0 Å². The number of likely N-dealkylation sites (N-methyl/N-ethyl adjacent to an activating group) is 1.